The third kappa shape index (κ3) is 6.73. The lowest BCUT2D eigenvalue weighted by Crippen LogP contribution is -2.10. The van der Waals surface area contributed by atoms with Crippen LogP contribution < -0.4 is 23.7 Å². The molecule has 0 atom stereocenters. The first-order valence-electron chi connectivity index (χ1n) is 13.6. The maximum Gasteiger partial charge on any atom is 0.341 e. The summed E-state index contributed by atoms with van der Waals surface area (Å²) in [6, 6.07) is 30.4. The third-order valence-corrected chi connectivity index (χ3v) is 6.80. The van der Waals surface area contributed by atoms with Crippen LogP contribution in [0.3, 0.4) is 0 Å². The number of aromatic nitrogens is 2. The van der Waals surface area contributed by atoms with E-state index in [1.807, 2.05) is 89.6 Å². The van der Waals surface area contributed by atoms with Gasteiger partial charge in [0.15, 0.2) is 18.1 Å². The maximum atomic E-state index is 11.4. The Hall–Kier alpha value is -5.44. The molecule has 0 saturated carbocycles. The van der Waals surface area contributed by atoms with Crippen molar-refractivity contribution in [1.82, 2.24) is 9.78 Å². The van der Waals surface area contributed by atoms with Crippen LogP contribution in [0.1, 0.15) is 11.1 Å². The van der Waals surface area contributed by atoms with E-state index in [1.165, 1.54) is 0 Å². The summed E-state index contributed by atoms with van der Waals surface area (Å²) in [6.07, 6.45) is 0. The van der Waals surface area contributed by atoms with Gasteiger partial charge in [-0.05, 0) is 48.0 Å². The van der Waals surface area contributed by atoms with Crippen LogP contribution in [0.5, 0.6) is 28.7 Å². The van der Waals surface area contributed by atoms with E-state index < -0.39 is 12.6 Å². The molecular weight excluding hydrogens is 548 g/mol. The van der Waals surface area contributed by atoms with E-state index in [2.05, 4.69) is 0 Å². The normalized spacial score (nSPS) is 10.7. The number of nitrogens with zero attached hydrogens (tertiary/aromatic N) is 2. The minimum absolute atomic E-state index is 0.362. The molecule has 9 nitrogen and oxygen atoms in total. The molecule has 5 aromatic rings. The lowest BCUT2D eigenvalue weighted by atomic mass is 10.1. The van der Waals surface area contributed by atoms with Gasteiger partial charge >= 0.3 is 5.97 Å². The van der Waals surface area contributed by atoms with Gasteiger partial charge in [0.05, 0.1) is 39.3 Å². The molecule has 0 amide bonds. The lowest BCUT2D eigenvalue weighted by Gasteiger charge is -2.15. The number of rotatable bonds is 13. The highest BCUT2D eigenvalue weighted by Crippen LogP contribution is 2.41. The molecule has 0 bridgehead atoms. The van der Waals surface area contributed by atoms with Crippen molar-refractivity contribution in [3.8, 4) is 51.3 Å². The predicted octanol–water partition coefficient (Wildman–Crippen LogP) is 6.33. The summed E-state index contributed by atoms with van der Waals surface area (Å²) in [5.74, 6) is 1.72. The molecule has 1 aromatic heterocycles. The summed E-state index contributed by atoms with van der Waals surface area (Å²) >= 11 is 0. The highest BCUT2D eigenvalue weighted by Gasteiger charge is 2.21. The van der Waals surface area contributed by atoms with Crippen molar-refractivity contribution in [3.05, 3.63) is 108 Å². The van der Waals surface area contributed by atoms with Gasteiger partial charge in [0.25, 0.3) is 0 Å². The molecule has 4 aromatic carbocycles. The summed E-state index contributed by atoms with van der Waals surface area (Å²) in [5.41, 5.74) is 4.58. The van der Waals surface area contributed by atoms with Crippen molar-refractivity contribution in [2.45, 2.75) is 13.2 Å². The number of para-hydroxylation sites is 2. The van der Waals surface area contributed by atoms with Gasteiger partial charge in [0.1, 0.15) is 23.9 Å². The number of ether oxygens (including phenoxy) is 5. The van der Waals surface area contributed by atoms with Gasteiger partial charge in [-0.1, -0.05) is 54.6 Å². The Morgan fingerprint density at radius 3 is 2.23 bits per heavy atom. The van der Waals surface area contributed by atoms with Crippen LogP contribution in [-0.4, -0.2) is 48.8 Å². The fourth-order valence-electron chi connectivity index (χ4n) is 4.77. The molecule has 5 rings (SSSR count). The average molecular weight is 581 g/mol. The van der Waals surface area contributed by atoms with E-state index in [9.17, 15) is 9.90 Å². The Labute approximate surface area is 249 Å². The molecule has 43 heavy (non-hydrogen) atoms. The van der Waals surface area contributed by atoms with Crippen LogP contribution in [0.2, 0.25) is 0 Å². The van der Waals surface area contributed by atoms with E-state index in [4.69, 9.17) is 28.8 Å². The number of hydrogen-bond acceptors (Lipinski definition) is 7. The van der Waals surface area contributed by atoms with E-state index in [0.29, 0.717) is 47.4 Å². The molecule has 1 heterocycles. The number of aliphatic carboxylic acids is 1. The molecule has 0 spiro atoms. The number of carboxylic acid groups (broad SMARTS) is 1. The number of carboxylic acids is 1. The van der Waals surface area contributed by atoms with Crippen LogP contribution in [-0.2, 0) is 17.9 Å². The van der Waals surface area contributed by atoms with E-state index in [0.717, 1.165) is 28.1 Å². The first-order chi connectivity index (χ1) is 21.0. The minimum Gasteiger partial charge on any atom is -0.496 e. The molecular formula is C34H32N2O7. The van der Waals surface area contributed by atoms with Crippen molar-refractivity contribution >= 4 is 5.97 Å². The number of methoxy groups -OCH3 is 3. The molecule has 0 aliphatic rings. The fourth-order valence-corrected chi connectivity index (χ4v) is 4.77. The van der Waals surface area contributed by atoms with Gasteiger partial charge in [-0.2, -0.15) is 5.10 Å². The predicted molar refractivity (Wildman–Crippen MR) is 162 cm³/mol. The summed E-state index contributed by atoms with van der Waals surface area (Å²) in [7, 11) is 4.81. The Kier molecular flexibility index (Phi) is 9.11. The molecule has 0 unspecified atom stereocenters. The van der Waals surface area contributed by atoms with E-state index in [1.54, 1.807) is 33.5 Å². The van der Waals surface area contributed by atoms with Gasteiger partial charge < -0.3 is 28.8 Å². The molecule has 9 heteroatoms. The van der Waals surface area contributed by atoms with Crippen LogP contribution in [0.15, 0.2) is 97.1 Å². The average Bonchev–Trinajstić information content (AvgIpc) is 3.46. The molecule has 0 aliphatic carbocycles. The molecule has 1 N–H and O–H groups in total. The first-order valence-corrected chi connectivity index (χ1v) is 13.6. The number of carbonyl (C=O) groups is 1. The Balaban J connectivity index is 1.63. The number of hydrogen-bond donors (Lipinski definition) is 1. The topological polar surface area (TPSA) is 101 Å². The largest absolute Gasteiger partial charge is 0.496 e. The highest BCUT2D eigenvalue weighted by atomic mass is 16.5. The Morgan fingerprint density at radius 2 is 1.49 bits per heavy atom. The number of benzene rings is 4. The Bertz CT molecular complexity index is 1700. The second-order valence-electron chi connectivity index (χ2n) is 9.54. The molecule has 0 radical (unpaired) electrons. The van der Waals surface area contributed by atoms with Crippen LogP contribution >= 0.6 is 0 Å². The summed E-state index contributed by atoms with van der Waals surface area (Å²) in [6.45, 7) is 0.245. The Morgan fingerprint density at radius 1 is 0.744 bits per heavy atom. The molecule has 220 valence electrons. The van der Waals surface area contributed by atoms with Crippen LogP contribution in [0, 0.1) is 0 Å². The summed E-state index contributed by atoms with van der Waals surface area (Å²) in [4.78, 5) is 11.4. The van der Waals surface area contributed by atoms with Crippen molar-refractivity contribution in [3.63, 3.8) is 0 Å². The van der Waals surface area contributed by atoms with Crippen molar-refractivity contribution < 1.29 is 33.6 Å². The summed E-state index contributed by atoms with van der Waals surface area (Å²) < 4.78 is 30.6. The van der Waals surface area contributed by atoms with Gasteiger partial charge in [-0.25, -0.2) is 4.79 Å². The van der Waals surface area contributed by atoms with Gasteiger partial charge in [-0.3, -0.25) is 4.68 Å². The van der Waals surface area contributed by atoms with Crippen molar-refractivity contribution in [2.75, 3.05) is 27.9 Å². The molecule has 0 aliphatic heterocycles. The highest BCUT2D eigenvalue weighted by molar-refractivity contribution is 5.78. The SMILES string of the molecule is COc1ccccc1Cn1nc(-c2cc(OCc3ccccc3)ccc2OCC(=O)O)cc1-c1cccc(OC)c1OC. The monoisotopic (exact) mass is 580 g/mol. The van der Waals surface area contributed by atoms with E-state index >= 15 is 0 Å². The quantitative estimate of drug-likeness (QED) is 0.172. The summed E-state index contributed by atoms with van der Waals surface area (Å²) in [5, 5.41) is 14.3. The van der Waals surface area contributed by atoms with Crippen LogP contribution in [0.25, 0.3) is 22.5 Å². The molecule has 0 saturated heterocycles. The zero-order valence-electron chi connectivity index (χ0n) is 24.2. The second kappa shape index (κ2) is 13.5. The zero-order chi connectivity index (χ0) is 30.2. The van der Waals surface area contributed by atoms with Crippen LogP contribution in [0.4, 0.5) is 0 Å². The third-order valence-electron chi connectivity index (χ3n) is 6.80. The lowest BCUT2D eigenvalue weighted by molar-refractivity contribution is -0.139. The zero-order valence-corrected chi connectivity index (χ0v) is 24.2. The minimum atomic E-state index is -1.08. The van der Waals surface area contributed by atoms with Gasteiger partial charge in [0.2, 0.25) is 0 Å². The standard InChI is InChI=1S/C34H32N2O7/c1-39-30-14-8-7-12-24(30)20-36-29(26-13-9-15-32(40-2)34(26)41-3)19-28(35-36)27-18-25(16-17-31(27)43-22-33(37)38)42-21-23-10-5-4-6-11-23/h4-19H,20-22H2,1-3H3,(H,37,38). The van der Waals surface area contributed by atoms with Gasteiger partial charge in [0, 0.05) is 16.7 Å². The van der Waals surface area contributed by atoms with E-state index in [-0.39, 0.29) is 0 Å². The molecule has 0 fully saturated rings. The first kappa shape index (κ1) is 29.1. The fraction of sp³-hybridized carbons (Fsp3) is 0.176. The maximum absolute atomic E-state index is 11.4. The smallest absolute Gasteiger partial charge is 0.341 e. The van der Waals surface area contributed by atoms with Gasteiger partial charge in [-0.15, -0.1) is 0 Å². The second-order valence-corrected chi connectivity index (χ2v) is 9.54. The van der Waals surface area contributed by atoms with Crippen molar-refractivity contribution in [1.29, 1.82) is 0 Å². The van der Waals surface area contributed by atoms with Crippen molar-refractivity contribution in [2.24, 2.45) is 0 Å².